The fraction of sp³-hybridized carbons (Fsp3) is 0.222. The van der Waals surface area contributed by atoms with Crippen molar-refractivity contribution in [2.24, 2.45) is 5.10 Å². The summed E-state index contributed by atoms with van der Waals surface area (Å²) in [4.78, 5) is 12.0. The van der Waals surface area contributed by atoms with Crippen LogP contribution in [-0.4, -0.2) is 22.7 Å². The predicted molar refractivity (Wildman–Crippen MR) is 83.7 cm³/mol. The summed E-state index contributed by atoms with van der Waals surface area (Å²) in [6, 6.07) is 18.0. The van der Waals surface area contributed by atoms with E-state index in [9.17, 15) is 4.79 Å². The molecule has 0 fully saturated rings. The van der Waals surface area contributed by atoms with Gasteiger partial charge in [0.2, 0.25) is 6.23 Å². The van der Waals surface area contributed by atoms with Gasteiger partial charge in [0.1, 0.15) is 5.75 Å². The molecule has 0 spiro atoms. The molecule has 2 heterocycles. The van der Waals surface area contributed by atoms with Gasteiger partial charge in [0.25, 0.3) is 0 Å². The Kier molecular flexibility index (Phi) is 2.96. The van der Waals surface area contributed by atoms with Crippen LogP contribution in [0.3, 0.4) is 0 Å². The molecule has 2 aromatic carbocycles. The number of nitrogens with zero attached hydrogens (tertiary/aromatic N) is 2. The van der Waals surface area contributed by atoms with E-state index >= 15 is 0 Å². The van der Waals surface area contributed by atoms with Crippen LogP contribution in [0.5, 0.6) is 5.75 Å². The summed E-state index contributed by atoms with van der Waals surface area (Å²) in [5.74, 6) is 0.756. The molecule has 0 bridgehead atoms. The van der Waals surface area contributed by atoms with Crippen molar-refractivity contribution in [2.75, 3.05) is 0 Å². The Balaban J connectivity index is 1.77. The van der Waals surface area contributed by atoms with Crippen LogP contribution in [0.25, 0.3) is 0 Å². The van der Waals surface area contributed by atoms with Crippen LogP contribution in [0.15, 0.2) is 59.7 Å². The van der Waals surface area contributed by atoms with Crippen LogP contribution in [-0.2, 0) is 4.79 Å². The van der Waals surface area contributed by atoms with Crippen molar-refractivity contribution in [1.29, 1.82) is 0 Å². The van der Waals surface area contributed by atoms with Crippen LogP contribution in [0.1, 0.15) is 30.5 Å². The topological polar surface area (TPSA) is 41.9 Å². The van der Waals surface area contributed by atoms with Gasteiger partial charge in [0.05, 0.1) is 11.8 Å². The first-order valence-electron chi connectivity index (χ1n) is 7.41. The van der Waals surface area contributed by atoms with Gasteiger partial charge in [-0.25, -0.2) is 5.01 Å². The summed E-state index contributed by atoms with van der Waals surface area (Å²) in [6.07, 6.45) is 0.148. The number of carbonyl (C=O) groups is 1. The number of hydrogen-bond acceptors (Lipinski definition) is 4. The molecule has 22 heavy (non-hydrogen) atoms. The minimum Gasteiger partial charge on any atom is -0.461 e. The molecule has 0 aliphatic carbocycles. The van der Waals surface area contributed by atoms with Crippen molar-refractivity contribution < 1.29 is 9.53 Å². The summed E-state index contributed by atoms with van der Waals surface area (Å²) < 4.78 is 5.86. The van der Waals surface area contributed by atoms with Gasteiger partial charge in [0.15, 0.2) is 5.78 Å². The van der Waals surface area contributed by atoms with Crippen LogP contribution in [0.2, 0.25) is 0 Å². The molecule has 2 atom stereocenters. The number of fused-ring (bicyclic) bond motifs is 3. The molecule has 2 aliphatic rings. The van der Waals surface area contributed by atoms with E-state index in [1.807, 2.05) is 59.6 Å². The molecule has 0 amide bonds. The highest BCUT2D eigenvalue weighted by Crippen LogP contribution is 2.42. The number of carbonyl (C=O) groups excluding carboxylic acids is 1. The third-order valence-electron chi connectivity index (χ3n) is 4.15. The Morgan fingerprint density at radius 3 is 2.64 bits per heavy atom. The number of hydrogen-bond donors (Lipinski definition) is 0. The number of rotatable bonds is 2. The van der Waals surface area contributed by atoms with Gasteiger partial charge in [-0.15, -0.1) is 0 Å². The third-order valence-corrected chi connectivity index (χ3v) is 4.15. The molecule has 4 rings (SSSR count). The van der Waals surface area contributed by atoms with Gasteiger partial charge in [-0.3, -0.25) is 4.79 Å². The molecule has 0 saturated heterocycles. The van der Waals surface area contributed by atoms with Crippen molar-refractivity contribution in [1.82, 2.24) is 5.01 Å². The highest BCUT2D eigenvalue weighted by atomic mass is 16.5. The summed E-state index contributed by atoms with van der Waals surface area (Å²) >= 11 is 0. The minimum absolute atomic E-state index is 0.0300. The van der Waals surface area contributed by atoms with E-state index in [0.717, 1.165) is 29.0 Å². The number of para-hydroxylation sites is 1. The molecule has 4 heteroatoms. The van der Waals surface area contributed by atoms with Gasteiger partial charge in [-0.05, 0) is 11.6 Å². The van der Waals surface area contributed by atoms with Gasteiger partial charge < -0.3 is 4.74 Å². The molecular formula is C18H16N2O2. The number of ketones is 1. The lowest BCUT2D eigenvalue weighted by atomic mass is 9.96. The van der Waals surface area contributed by atoms with Crippen LogP contribution in [0.4, 0.5) is 0 Å². The lowest BCUT2D eigenvalue weighted by Crippen LogP contribution is -2.44. The molecular weight excluding hydrogens is 276 g/mol. The number of Topliss-reactive ketones (excluding diaryl/α,β-unsaturated/α-hetero) is 1. The molecule has 0 saturated carbocycles. The zero-order chi connectivity index (χ0) is 15.1. The summed E-state index contributed by atoms with van der Waals surface area (Å²) in [5, 5.41) is 6.50. The molecule has 2 aromatic rings. The van der Waals surface area contributed by atoms with Crippen LogP contribution in [0, 0.1) is 0 Å². The van der Waals surface area contributed by atoms with Crippen molar-refractivity contribution in [3.8, 4) is 5.75 Å². The summed E-state index contributed by atoms with van der Waals surface area (Å²) in [5.41, 5.74) is 3.18. The fourth-order valence-electron chi connectivity index (χ4n) is 3.11. The summed E-state index contributed by atoms with van der Waals surface area (Å²) in [6.45, 7) is 1.55. The lowest BCUT2D eigenvalue weighted by Gasteiger charge is -2.36. The number of ether oxygens (including phenoxy) is 1. The van der Waals surface area contributed by atoms with E-state index in [1.54, 1.807) is 6.92 Å². The molecule has 110 valence electrons. The van der Waals surface area contributed by atoms with Crippen LogP contribution < -0.4 is 4.74 Å². The second kappa shape index (κ2) is 4.98. The maximum absolute atomic E-state index is 12.0. The van der Waals surface area contributed by atoms with E-state index in [1.165, 1.54) is 0 Å². The minimum atomic E-state index is -0.638. The standard InChI is InChI=1S/C18H16N2O2/c1-12(21)18-20-16(14-9-5-6-10-17(14)22-18)11-15(19-20)13-7-3-2-4-8-13/h2-10,16,18H,11H2,1H3/t16-,18+/m0/s1. The van der Waals surface area contributed by atoms with Gasteiger partial charge in [-0.1, -0.05) is 48.5 Å². The highest BCUT2D eigenvalue weighted by Gasteiger charge is 2.41. The Bertz CT molecular complexity index is 755. The summed E-state index contributed by atoms with van der Waals surface area (Å²) in [7, 11) is 0. The maximum atomic E-state index is 12.0. The monoisotopic (exact) mass is 292 g/mol. The third kappa shape index (κ3) is 1.99. The largest absolute Gasteiger partial charge is 0.461 e. The smallest absolute Gasteiger partial charge is 0.246 e. The van der Waals surface area contributed by atoms with Crippen molar-refractivity contribution in [3.05, 3.63) is 65.7 Å². The Morgan fingerprint density at radius 2 is 1.86 bits per heavy atom. The molecule has 2 aliphatic heterocycles. The van der Waals surface area contributed by atoms with E-state index in [0.29, 0.717) is 0 Å². The van der Waals surface area contributed by atoms with E-state index in [2.05, 4.69) is 5.10 Å². The number of benzene rings is 2. The average Bonchev–Trinajstić information content (AvgIpc) is 3.00. The first kappa shape index (κ1) is 13.1. The normalized spacial score (nSPS) is 22.4. The van der Waals surface area contributed by atoms with Gasteiger partial charge >= 0.3 is 0 Å². The second-order valence-corrected chi connectivity index (χ2v) is 5.63. The van der Waals surface area contributed by atoms with Gasteiger partial charge in [0, 0.05) is 18.9 Å². The molecule has 0 aromatic heterocycles. The molecule has 0 radical (unpaired) electrons. The Labute approximate surface area is 129 Å². The van der Waals surface area contributed by atoms with E-state index in [-0.39, 0.29) is 11.8 Å². The zero-order valence-corrected chi connectivity index (χ0v) is 12.3. The van der Waals surface area contributed by atoms with Crippen LogP contribution >= 0.6 is 0 Å². The molecule has 4 nitrogen and oxygen atoms in total. The quantitative estimate of drug-likeness (QED) is 0.854. The predicted octanol–water partition coefficient (Wildman–Crippen LogP) is 3.15. The number of hydrazone groups is 1. The van der Waals surface area contributed by atoms with Crippen molar-refractivity contribution in [3.63, 3.8) is 0 Å². The SMILES string of the molecule is CC(=O)[C@H]1Oc2ccccc2[C@@H]2CC(c3ccccc3)=NN12. The maximum Gasteiger partial charge on any atom is 0.246 e. The second-order valence-electron chi connectivity index (χ2n) is 5.63. The fourth-order valence-corrected chi connectivity index (χ4v) is 3.11. The van der Waals surface area contributed by atoms with Gasteiger partial charge in [-0.2, -0.15) is 5.10 Å². The highest BCUT2D eigenvalue weighted by molar-refractivity contribution is 6.02. The molecule has 0 N–H and O–H groups in total. The zero-order valence-electron chi connectivity index (χ0n) is 12.3. The first-order chi connectivity index (χ1) is 10.7. The lowest BCUT2D eigenvalue weighted by molar-refractivity contribution is -0.135. The Hall–Kier alpha value is -2.62. The van der Waals surface area contributed by atoms with Crippen molar-refractivity contribution in [2.45, 2.75) is 25.6 Å². The Morgan fingerprint density at radius 1 is 1.14 bits per heavy atom. The average molecular weight is 292 g/mol. The van der Waals surface area contributed by atoms with Crippen molar-refractivity contribution >= 4 is 11.5 Å². The van der Waals surface area contributed by atoms with E-state index in [4.69, 9.17) is 4.74 Å². The van der Waals surface area contributed by atoms with E-state index < -0.39 is 6.23 Å². The first-order valence-corrected chi connectivity index (χ1v) is 7.41. The molecule has 0 unspecified atom stereocenters.